The van der Waals surface area contributed by atoms with Crippen molar-refractivity contribution < 1.29 is 13.9 Å². The number of aromatic amines is 1. The van der Waals surface area contributed by atoms with E-state index in [1.807, 2.05) is 19.9 Å². The Morgan fingerprint density at radius 2 is 1.83 bits per heavy atom. The first-order valence-corrected chi connectivity index (χ1v) is 9.12. The molecule has 0 bridgehead atoms. The molecule has 0 fully saturated rings. The second-order valence-electron chi connectivity index (χ2n) is 6.72. The van der Waals surface area contributed by atoms with Gasteiger partial charge in [0, 0.05) is 23.1 Å². The van der Waals surface area contributed by atoms with Gasteiger partial charge in [0.05, 0.1) is 18.2 Å². The average molecular weight is 405 g/mol. The Bertz CT molecular complexity index is 1310. The Morgan fingerprint density at radius 1 is 1.07 bits per heavy atom. The first kappa shape index (κ1) is 19.2. The number of nitrogens with one attached hydrogen (secondary N) is 3. The third kappa shape index (κ3) is 3.86. The van der Waals surface area contributed by atoms with Crippen molar-refractivity contribution in [3.8, 4) is 0 Å². The number of hydrogen-bond acceptors (Lipinski definition) is 8. The fourth-order valence-corrected chi connectivity index (χ4v) is 3.00. The molecule has 0 radical (unpaired) electrons. The van der Waals surface area contributed by atoms with Gasteiger partial charge in [-0.15, -0.1) is 0 Å². The molecule has 4 aromatic rings. The molecule has 4 rings (SSSR count). The number of carbonyl (C=O) groups is 1. The number of oxazole rings is 1. The van der Waals surface area contributed by atoms with Crippen LogP contribution in [0.4, 0.5) is 23.1 Å². The topological polar surface area (TPSA) is 122 Å². The number of ether oxygens (including phenoxy) is 1. The Hall–Kier alpha value is -4.14. The quantitative estimate of drug-likeness (QED) is 0.429. The number of nitrogens with zero attached hydrogens (tertiary/aromatic N) is 2. The molecular weight excluding hydrogens is 386 g/mol. The third-order valence-electron chi connectivity index (χ3n) is 4.54. The molecule has 0 saturated heterocycles. The van der Waals surface area contributed by atoms with Crippen molar-refractivity contribution in [1.29, 1.82) is 0 Å². The summed E-state index contributed by atoms with van der Waals surface area (Å²) < 4.78 is 9.79. The number of aryl methyl sites for hydroxylation is 2. The minimum absolute atomic E-state index is 0.381. The molecule has 0 atom stereocenters. The van der Waals surface area contributed by atoms with E-state index in [1.165, 1.54) is 7.11 Å². The van der Waals surface area contributed by atoms with Crippen LogP contribution >= 0.6 is 0 Å². The van der Waals surface area contributed by atoms with Gasteiger partial charge in [0.15, 0.2) is 5.58 Å². The lowest BCUT2D eigenvalue weighted by atomic mass is 10.1. The first-order valence-electron chi connectivity index (χ1n) is 9.12. The van der Waals surface area contributed by atoms with Crippen molar-refractivity contribution in [3.63, 3.8) is 0 Å². The molecule has 0 aliphatic heterocycles. The normalized spacial score (nSPS) is 10.8. The van der Waals surface area contributed by atoms with Crippen molar-refractivity contribution in [1.82, 2.24) is 15.0 Å². The molecule has 0 aliphatic rings. The Kier molecular flexibility index (Phi) is 4.93. The number of fused-ring (bicyclic) bond motifs is 1. The van der Waals surface area contributed by atoms with Crippen LogP contribution in [0.25, 0.3) is 11.1 Å². The number of esters is 1. The number of anilines is 4. The monoisotopic (exact) mass is 405 g/mol. The predicted octanol–water partition coefficient (Wildman–Crippen LogP) is 3.80. The summed E-state index contributed by atoms with van der Waals surface area (Å²) in [5.41, 5.74) is 4.69. The second kappa shape index (κ2) is 7.70. The van der Waals surface area contributed by atoms with Crippen molar-refractivity contribution in [2.75, 3.05) is 17.7 Å². The number of carbonyl (C=O) groups excluding carboxylic acids is 1. The summed E-state index contributed by atoms with van der Waals surface area (Å²) in [5, 5.41) is 6.37. The van der Waals surface area contributed by atoms with Crippen molar-refractivity contribution in [2.45, 2.75) is 13.8 Å². The summed E-state index contributed by atoms with van der Waals surface area (Å²) in [4.78, 5) is 34.5. The highest BCUT2D eigenvalue weighted by molar-refractivity contribution is 5.91. The first-order chi connectivity index (χ1) is 14.4. The van der Waals surface area contributed by atoms with Crippen LogP contribution in [0.2, 0.25) is 0 Å². The van der Waals surface area contributed by atoms with E-state index in [1.54, 1.807) is 36.5 Å². The number of hydrogen-bond donors (Lipinski definition) is 3. The summed E-state index contributed by atoms with van der Waals surface area (Å²) in [6.45, 7) is 3.72. The van der Waals surface area contributed by atoms with Gasteiger partial charge < -0.3 is 19.8 Å². The van der Waals surface area contributed by atoms with Gasteiger partial charge >= 0.3 is 11.7 Å². The molecule has 2 heterocycles. The molecule has 30 heavy (non-hydrogen) atoms. The predicted molar refractivity (Wildman–Crippen MR) is 113 cm³/mol. The third-order valence-corrected chi connectivity index (χ3v) is 4.54. The van der Waals surface area contributed by atoms with Crippen LogP contribution in [-0.4, -0.2) is 28.0 Å². The molecule has 152 valence electrons. The molecule has 2 aromatic carbocycles. The minimum Gasteiger partial charge on any atom is -0.465 e. The van der Waals surface area contributed by atoms with Crippen LogP contribution < -0.4 is 16.4 Å². The summed E-state index contributed by atoms with van der Waals surface area (Å²) in [6.07, 6.45) is 1.70. The highest BCUT2D eigenvalue weighted by Gasteiger charge is 2.11. The summed E-state index contributed by atoms with van der Waals surface area (Å²) in [7, 11) is 1.35. The van der Waals surface area contributed by atoms with Crippen molar-refractivity contribution in [3.05, 3.63) is 69.8 Å². The standard InChI is InChI=1S/C21H19N5O4/c1-11-8-13(4-6-15(11)19(27)29-3)24-20-22-10-12(2)18(26-20)23-14-5-7-17-16(9-14)25-21(28)30-17/h4-10H,1-3H3,(H,25,28)(H2,22,23,24,26). The largest absolute Gasteiger partial charge is 0.465 e. The highest BCUT2D eigenvalue weighted by Crippen LogP contribution is 2.24. The van der Waals surface area contributed by atoms with E-state index in [-0.39, 0.29) is 5.97 Å². The van der Waals surface area contributed by atoms with Gasteiger partial charge in [-0.05, 0) is 55.8 Å². The molecule has 2 aromatic heterocycles. The van der Waals surface area contributed by atoms with E-state index >= 15 is 0 Å². The molecule has 0 saturated carbocycles. The molecule has 0 amide bonds. The number of H-pyrrole nitrogens is 1. The molecular formula is C21H19N5O4. The number of benzene rings is 2. The average Bonchev–Trinajstić information content (AvgIpc) is 3.09. The minimum atomic E-state index is -0.500. The molecule has 9 nitrogen and oxygen atoms in total. The Morgan fingerprint density at radius 3 is 2.60 bits per heavy atom. The van der Waals surface area contributed by atoms with Gasteiger partial charge in [-0.2, -0.15) is 4.98 Å². The summed E-state index contributed by atoms with van der Waals surface area (Å²) in [6, 6.07) is 10.5. The second-order valence-corrected chi connectivity index (χ2v) is 6.72. The molecule has 0 unspecified atom stereocenters. The van der Waals surface area contributed by atoms with E-state index in [4.69, 9.17) is 9.15 Å². The van der Waals surface area contributed by atoms with Gasteiger partial charge in [-0.1, -0.05) is 0 Å². The highest BCUT2D eigenvalue weighted by atomic mass is 16.5. The van der Waals surface area contributed by atoms with Crippen LogP contribution in [-0.2, 0) is 4.74 Å². The molecule has 0 aliphatic carbocycles. The van der Waals surface area contributed by atoms with Crippen LogP contribution in [0, 0.1) is 13.8 Å². The summed E-state index contributed by atoms with van der Waals surface area (Å²) in [5.74, 6) is 0.125. The zero-order chi connectivity index (χ0) is 21.3. The lowest BCUT2D eigenvalue weighted by molar-refractivity contribution is 0.0600. The number of aromatic nitrogens is 3. The SMILES string of the molecule is COC(=O)c1ccc(Nc2ncc(C)c(Nc3ccc4oc(=O)[nH]c4c3)n2)cc1C. The van der Waals surface area contributed by atoms with E-state index in [0.717, 1.165) is 22.5 Å². The van der Waals surface area contributed by atoms with Gasteiger partial charge in [0.25, 0.3) is 0 Å². The van der Waals surface area contributed by atoms with Gasteiger partial charge in [-0.25, -0.2) is 14.6 Å². The maximum atomic E-state index is 11.7. The smallest absolute Gasteiger partial charge is 0.417 e. The fourth-order valence-electron chi connectivity index (χ4n) is 3.00. The maximum absolute atomic E-state index is 11.7. The summed E-state index contributed by atoms with van der Waals surface area (Å²) >= 11 is 0. The van der Waals surface area contributed by atoms with Crippen molar-refractivity contribution in [2.24, 2.45) is 0 Å². The fraction of sp³-hybridized carbons (Fsp3) is 0.143. The zero-order valence-electron chi connectivity index (χ0n) is 16.6. The lowest BCUT2D eigenvalue weighted by Crippen LogP contribution is -2.05. The van der Waals surface area contributed by atoms with Crippen LogP contribution in [0.15, 0.2) is 51.8 Å². The van der Waals surface area contributed by atoms with Crippen LogP contribution in [0.5, 0.6) is 0 Å². The van der Waals surface area contributed by atoms with Gasteiger partial charge in [0.2, 0.25) is 5.95 Å². The van der Waals surface area contributed by atoms with Crippen LogP contribution in [0.3, 0.4) is 0 Å². The molecule has 3 N–H and O–H groups in total. The zero-order valence-corrected chi connectivity index (χ0v) is 16.6. The Balaban J connectivity index is 1.57. The van der Waals surface area contributed by atoms with E-state index in [2.05, 4.69) is 25.6 Å². The number of rotatable bonds is 5. The lowest BCUT2D eigenvalue weighted by Gasteiger charge is -2.12. The van der Waals surface area contributed by atoms with Gasteiger partial charge in [0.1, 0.15) is 5.82 Å². The van der Waals surface area contributed by atoms with Crippen LogP contribution in [0.1, 0.15) is 21.5 Å². The van der Waals surface area contributed by atoms with E-state index in [0.29, 0.717) is 28.4 Å². The van der Waals surface area contributed by atoms with Gasteiger partial charge in [-0.3, -0.25) is 4.98 Å². The Labute approximate surface area is 171 Å². The van der Waals surface area contributed by atoms with E-state index < -0.39 is 5.76 Å². The molecule has 0 spiro atoms. The molecule has 9 heteroatoms. The maximum Gasteiger partial charge on any atom is 0.417 e. The van der Waals surface area contributed by atoms with E-state index in [9.17, 15) is 9.59 Å². The van der Waals surface area contributed by atoms with Crippen molar-refractivity contribution >= 4 is 40.2 Å². The number of methoxy groups -OCH3 is 1.